The molecule has 2 amide bonds. The van der Waals surface area contributed by atoms with E-state index in [4.69, 9.17) is 0 Å². The number of aromatic nitrogens is 2. The normalized spacial score (nSPS) is 15.5. The van der Waals surface area contributed by atoms with E-state index in [0.29, 0.717) is 32.5 Å². The van der Waals surface area contributed by atoms with Crippen molar-refractivity contribution in [1.29, 1.82) is 0 Å². The molecule has 1 saturated heterocycles. The minimum atomic E-state index is -0.433. The molecule has 2 heterocycles. The minimum absolute atomic E-state index is 0. The molecule has 158 valence electrons. The largest absolute Gasteiger partial charge is 0.352 e. The number of likely N-dealkylation sites (tertiary alicyclic amines) is 1. The van der Waals surface area contributed by atoms with Crippen LogP contribution in [0.2, 0.25) is 0 Å². The summed E-state index contributed by atoms with van der Waals surface area (Å²) in [6, 6.07) is 5.65. The average molecular weight is 424 g/mol. The van der Waals surface area contributed by atoms with Crippen LogP contribution in [0.5, 0.6) is 0 Å². The summed E-state index contributed by atoms with van der Waals surface area (Å²) in [5.74, 6) is -0.427. The quantitative estimate of drug-likeness (QED) is 0.742. The van der Waals surface area contributed by atoms with Gasteiger partial charge in [0.05, 0.1) is 6.20 Å². The van der Waals surface area contributed by atoms with Gasteiger partial charge < -0.3 is 15.5 Å². The Morgan fingerprint density at radius 2 is 1.90 bits per heavy atom. The number of amides is 2. The number of piperidine rings is 1. The first-order chi connectivity index (χ1) is 13.5. The first-order valence-electron chi connectivity index (χ1n) is 9.44. The summed E-state index contributed by atoms with van der Waals surface area (Å²) >= 11 is 0. The van der Waals surface area contributed by atoms with Crippen molar-refractivity contribution in [3.05, 3.63) is 53.6 Å². The standard InChI is InChI=1S/C20H26FN5O2.ClH/c1-22-18(16-12-24-25(2)13-16)20(28)26-9-7-15(8-10-26)19(27)23-11-14-3-5-17(21)6-4-14;/h3-6,12-13,15,18,22H,7-11H2,1-2H3,(H,23,27);1H. The summed E-state index contributed by atoms with van der Waals surface area (Å²) in [5.41, 5.74) is 1.69. The number of carbonyl (C=O) groups is 2. The minimum Gasteiger partial charge on any atom is -0.352 e. The first kappa shape index (κ1) is 22.8. The highest BCUT2D eigenvalue weighted by Crippen LogP contribution is 2.22. The van der Waals surface area contributed by atoms with E-state index < -0.39 is 6.04 Å². The van der Waals surface area contributed by atoms with Crippen LogP contribution in [0.3, 0.4) is 0 Å². The Bertz CT molecular complexity index is 819. The molecule has 0 spiro atoms. The molecule has 1 aromatic carbocycles. The SMILES string of the molecule is CNC(C(=O)N1CCC(C(=O)NCc2ccc(F)cc2)CC1)c1cnn(C)c1.Cl. The number of carbonyl (C=O) groups excluding carboxylic acids is 2. The highest BCUT2D eigenvalue weighted by molar-refractivity contribution is 5.85. The average Bonchev–Trinajstić information content (AvgIpc) is 3.14. The highest BCUT2D eigenvalue weighted by Gasteiger charge is 2.31. The zero-order chi connectivity index (χ0) is 20.1. The molecule has 29 heavy (non-hydrogen) atoms. The molecule has 1 atom stereocenters. The van der Waals surface area contributed by atoms with Gasteiger partial charge in [0, 0.05) is 44.4 Å². The molecule has 1 aliphatic heterocycles. The number of hydrogen-bond donors (Lipinski definition) is 2. The summed E-state index contributed by atoms with van der Waals surface area (Å²) < 4.78 is 14.6. The first-order valence-corrected chi connectivity index (χ1v) is 9.44. The van der Waals surface area contributed by atoms with E-state index >= 15 is 0 Å². The van der Waals surface area contributed by atoms with E-state index in [1.165, 1.54) is 12.1 Å². The second-order valence-corrected chi connectivity index (χ2v) is 7.11. The summed E-state index contributed by atoms with van der Waals surface area (Å²) in [7, 11) is 3.57. The van der Waals surface area contributed by atoms with Crippen LogP contribution in [0.4, 0.5) is 4.39 Å². The lowest BCUT2D eigenvalue weighted by Crippen LogP contribution is -2.46. The van der Waals surface area contributed by atoms with Gasteiger partial charge in [0.15, 0.2) is 0 Å². The molecule has 1 unspecified atom stereocenters. The molecular formula is C20H27ClFN5O2. The van der Waals surface area contributed by atoms with Gasteiger partial charge >= 0.3 is 0 Å². The highest BCUT2D eigenvalue weighted by atomic mass is 35.5. The van der Waals surface area contributed by atoms with Gasteiger partial charge in [0.1, 0.15) is 11.9 Å². The van der Waals surface area contributed by atoms with Crippen molar-refractivity contribution in [3.63, 3.8) is 0 Å². The lowest BCUT2D eigenvalue weighted by atomic mass is 9.95. The zero-order valence-electron chi connectivity index (χ0n) is 16.6. The van der Waals surface area contributed by atoms with Crippen molar-refractivity contribution in [2.45, 2.75) is 25.4 Å². The van der Waals surface area contributed by atoms with E-state index in [-0.39, 0.29) is 36.0 Å². The van der Waals surface area contributed by atoms with Crippen molar-refractivity contribution >= 4 is 24.2 Å². The van der Waals surface area contributed by atoms with Crippen LogP contribution in [-0.4, -0.2) is 46.6 Å². The predicted octanol–water partition coefficient (Wildman–Crippen LogP) is 1.80. The fourth-order valence-corrected chi connectivity index (χ4v) is 3.50. The van der Waals surface area contributed by atoms with Gasteiger partial charge in [-0.25, -0.2) is 4.39 Å². The van der Waals surface area contributed by atoms with Crippen molar-refractivity contribution in [1.82, 2.24) is 25.3 Å². The molecule has 0 bridgehead atoms. The van der Waals surface area contributed by atoms with Crippen molar-refractivity contribution < 1.29 is 14.0 Å². The van der Waals surface area contributed by atoms with Gasteiger partial charge in [0.25, 0.3) is 0 Å². The fraction of sp³-hybridized carbons (Fsp3) is 0.450. The van der Waals surface area contributed by atoms with Crippen LogP contribution in [0.15, 0.2) is 36.7 Å². The van der Waals surface area contributed by atoms with Gasteiger partial charge in [0.2, 0.25) is 11.8 Å². The van der Waals surface area contributed by atoms with Crippen LogP contribution in [-0.2, 0) is 23.2 Å². The number of likely N-dealkylation sites (N-methyl/N-ethyl adjacent to an activating group) is 1. The van der Waals surface area contributed by atoms with Gasteiger partial charge in [-0.1, -0.05) is 12.1 Å². The molecule has 1 fully saturated rings. The Morgan fingerprint density at radius 1 is 1.24 bits per heavy atom. The van der Waals surface area contributed by atoms with Crippen LogP contribution < -0.4 is 10.6 Å². The molecule has 9 heteroatoms. The van der Waals surface area contributed by atoms with Crippen LogP contribution in [0.25, 0.3) is 0 Å². The maximum Gasteiger partial charge on any atom is 0.244 e. The monoisotopic (exact) mass is 423 g/mol. The van der Waals surface area contributed by atoms with E-state index in [0.717, 1.165) is 11.1 Å². The molecule has 0 aliphatic carbocycles. The Labute approximate surface area is 176 Å². The number of halogens is 2. The molecule has 3 rings (SSSR count). The molecule has 2 aromatic rings. The number of benzene rings is 1. The Hall–Kier alpha value is -2.45. The van der Waals surface area contributed by atoms with Gasteiger partial charge in [-0.2, -0.15) is 5.10 Å². The van der Waals surface area contributed by atoms with Gasteiger partial charge in [-0.15, -0.1) is 12.4 Å². The summed E-state index contributed by atoms with van der Waals surface area (Å²) in [5, 5.41) is 10.1. The molecule has 0 radical (unpaired) electrons. The zero-order valence-corrected chi connectivity index (χ0v) is 17.4. The number of nitrogens with zero attached hydrogens (tertiary/aromatic N) is 3. The van der Waals surface area contributed by atoms with E-state index in [9.17, 15) is 14.0 Å². The van der Waals surface area contributed by atoms with E-state index in [1.807, 2.05) is 13.2 Å². The Kier molecular flexibility index (Phi) is 8.16. The summed E-state index contributed by atoms with van der Waals surface area (Å²) in [6.07, 6.45) is 4.78. The van der Waals surface area contributed by atoms with Crippen LogP contribution >= 0.6 is 12.4 Å². The van der Waals surface area contributed by atoms with Crippen LogP contribution in [0, 0.1) is 11.7 Å². The van der Waals surface area contributed by atoms with Crippen LogP contribution in [0.1, 0.15) is 30.0 Å². The Morgan fingerprint density at radius 3 is 2.45 bits per heavy atom. The third-order valence-electron chi connectivity index (χ3n) is 5.15. The van der Waals surface area contributed by atoms with E-state index in [2.05, 4.69) is 15.7 Å². The summed E-state index contributed by atoms with van der Waals surface area (Å²) in [4.78, 5) is 27.1. The molecule has 7 nitrogen and oxygen atoms in total. The molecule has 2 N–H and O–H groups in total. The number of nitrogens with one attached hydrogen (secondary N) is 2. The third kappa shape index (κ3) is 5.77. The van der Waals surface area contributed by atoms with Crippen molar-refractivity contribution in [3.8, 4) is 0 Å². The summed E-state index contributed by atoms with van der Waals surface area (Å²) in [6.45, 7) is 1.47. The predicted molar refractivity (Wildman–Crippen MR) is 110 cm³/mol. The van der Waals surface area contributed by atoms with E-state index in [1.54, 1.807) is 35.0 Å². The lowest BCUT2D eigenvalue weighted by molar-refractivity contribution is -0.137. The van der Waals surface area contributed by atoms with Crippen molar-refractivity contribution in [2.75, 3.05) is 20.1 Å². The molecule has 1 aromatic heterocycles. The van der Waals surface area contributed by atoms with Gasteiger partial charge in [-0.3, -0.25) is 14.3 Å². The molecular weight excluding hydrogens is 397 g/mol. The maximum absolute atomic E-state index is 12.9. The lowest BCUT2D eigenvalue weighted by Gasteiger charge is -2.33. The second kappa shape index (κ2) is 10.4. The number of rotatable bonds is 6. The van der Waals surface area contributed by atoms with Gasteiger partial charge in [-0.05, 0) is 37.6 Å². The smallest absolute Gasteiger partial charge is 0.244 e. The fourth-order valence-electron chi connectivity index (χ4n) is 3.50. The third-order valence-corrected chi connectivity index (χ3v) is 5.15. The number of aryl methyl sites for hydroxylation is 1. The molecule has 1 aliphatic rings. The maximum atomic E-state index is 12.9. The number of hydrogen-bond acceptors (Lipinski definition) is 4. The topological polar surface area (TPSA) is 79.3 Å². The van der Waals surface area contributed by atoms with Crippen molar-refractivity contribution in [2.24, 2.45) is 13.0 Å². The Balaban J connectivity index is 0.00000300. The second-order valence-electron chi connectivity index (χ2n) is 7.11. The molecule has 0 saturated carbocycles.